The van der Waals surface area contributed by atoms with Crippen molar-refractivity contribution in [1.82, 2.24) is 19.5 Å². The Hall–Kier alpha value is -3.42. The van der Waals surface area contributed by atoms with E-state index in [0.29, 0.717) is 24.0 Å². The van der Waals surface area contributed by atoms with Gasteiger partial charge in [0, 0.05) is 12.0 Å². The molecule has 0 bridgehead atoms. The van der Waals surface area contributed by atoms with E-state index in [1.165, 1.54) is 0 Å². The number of nitrogens with one attached hydrogen (secondary N) is 1. The molecule has 2 aliphatic rings. The summed E-state index contributed by atoms with van der Waals surface area (Å²) >= 11 is 0. The Balaban J connectivity index is 1.28. The van der Waals surface area contributed by atoms with Gasteiger partial charge in [0.15, 0.2) is 17.0 Å². The van der Waals surface area contributed by atoms with Crippen molar-refractivity contribution in [2.75, 3.05) is 17.7 Å². The lowest BCUT2D eigenvalue weighted by Crippen LogP contribution is -2.14. The molecule has 2 aliphatic carbocycles. The molecule has 5 rings (SSSR count). The van der Waals surface area contributed by atoms with E-state index in [-0.39, 0.29) is 23.9 Å². The van der Waals surface area contributed by atoms with Crippen LogP contribution in [0, 0.1) is 5.92 Å². The van der Waals surface area contributed by atoms with Gasteiger partial charge in [-0.3, -0.25) is 0 Å². The Kier molecular flexibility index (Phi) is 4.38. The van der Waals surface area contributed by atoms with Gasteiger partial charge in [0.05, 0.1) is 24.5 Å². The van der Waals surface area contributed by atoms with Gasteiger partial charge in [0.1, 0.15) is 0 Å². The molecule has 8 nitrogen and oxygen atoms in total. The number of fused-ring (bicyclic) bond motifs is 1. The number of carbonyl (C=O) groups is 1. The summed E-state index contributed by atoms with van der Waals surface area (Å²) in [5.74, 6) is 0.780. The summed E-state index contributed by atoms with van der Waals surface area (Å²) in [6, 6.07) is 9.57. The van der Waals surface area contributed by atoms with E-state index in [1.54, 1.807) is 18.5 Å². The normalized spacial score (nSPS) is 20.8. The van der Waals surface area contributed by atoms with Crippen molar-refractivity contribution in [1.29, 1.82) is 0 Å². The lowest BCUT2D eigenvalue weighted by atomic mass is 10.1. The average Bonchev–Trinajstić information content (AvgIpc) is 3.25. The molecule has 1 saturated carbocycles. The van der Waals surface area contributed by atoms with Gasteiger partial charge in [-0.1, -0.05) is 30.4 Å². The van der Waals surface area contributed by atoms with Gasteiger partial charge in [-0.15, -0.1) is 0 Å². The minimum absolute atomic E-state index is 0.0866. The monoisotopic (exact) mass is 390 g/mol. The molecule has 2 aromatic heterocycles. The number of benzene rings is 1. The minimum atomic E-state index is -0.299. The fraction of sp³-hybridized carbons (Fsp3) is 0.333. The van der Waals surface area contributed by atoms with Crippen LogP contribution in [-0.4, -0.2) is 38.1 Å². The molecule has 0 saturated heterocycles. The highest BCUT2D eigenvalue weighted by Gasteiger charge is 2.27. The summed E-state index contributed by atoms with van der Waals surface area (Å²) in [5.41, 5.74) is 7.95. The number of rotatable bonds is 6. The Labute approximate surface area is 167 Å². The zero-order valence-corrected chi connectivity index (χ0v) is 15.9. The molecule has 29 heavy (non-hydrogen) atoms. The number of imidazole rings is 1. The first-order valence-corrected chi connectivity index (χ1v) is 9.84. The first-order chi connectivity index (χ1) is 14.2. The van der Waals surface area contributed by atoms with Gasteiger partial charge in [-0.2, -0.15) is 9.97 Å². The van der Waals surface area contributed by atoms with Crippen LogP contribution < -0.4 is 11.1 Å². The molecule has 3 aromatic rings. The second-order valence-electron chi connectivity index (χ2n) is 7.59. The van der Waals surface area contributed by atoms with Crippen LogP contribution >= 0.6 is 0 Å². The molecule has 0 unspecified atom stereocenters. The molecule has 0 amide bonds. The smallest absolute Gasteiger partial charge is 0.338 e. The second-order valence-corrected chi connectivity index (χ2v) is 7.59. The quantitative estimate of drug-likeness (QED) is 0.492. The van der Waals surface area contributed by atoms with E-state index in [2.05, 4.69) is 32.4 Å². The molecule has 0 aliphatic heterocycles. The van der Waals surface area contributed by atoms with Crippen LogP contribution in [0.4, 0.5) is 11.8 Å². The Morgan fingerprint density at radius 1 is 1.21 bits per heavy atom. The summed E-state index contributed by atoms with van der Waals surface area (Å²) in [5, 5.41) is 3.38. The van der Waals surface area contributed by atoms with E-state index in [4.69, 9.17) is 10.5 Å². The highest BCUT2D eigenvalue weighted by atomic mass is 16.5. The molecule has 2 atom stereocenters. The van der Waals surface area contributed by atoms with E-state index in [0.717, 1.165) is 30.4 Å². The fourth-order valence-electron chi connectivity index (χ4n) is 3.62. The molecule has 0 radical (unpaired) electrons. The van der Waals surface area contributed by atoms with Gasteiger partial charge in [0.2, 0.25) is 5.95 Å². The van der Waals surface area contributed by atoms with Crippen molar-refractivity contribution in [2.24, 2.45) is 5.92 Å². The van der Waals surface area contributed by atoms with Crippen molar-refractivity contribution in [3.8, 4) is 0 Å². The van der Waals surface area contributed by atoms with Crippen LogP contribution in [0.5, 0.6) is 0 Å². The highest BCUT2D eigenvalue weighted by Crippen LogP contribution is 2.33. The topological polar surface area (TPSA) is 108 Å². The molecular formula is C21H22N6O2. The Morgan fingerprint density at radius 3 is 2.83 bits per heavy atom. The first kappa shape index (κ1) is 17.7. The van der Waals surface area contributed by atoms with Gasteiger partial charge >= 0.3 is 5.97 Å². The number of hydrogen-bond acceptors (Lipinski definition) is 7. The predicted octanol–water partition coefficient (Wildman–Crippen LogP) is 2.96. The molecule has 0 spiro atoms. The third kappa shape index (κ3) is 3.65. The molecular weight excluding hydrogens is 368 g/mol. The lowest BCUT2D eigenvalue weighted by Gasteiger charge is -2.14. The van der Waals surface area contributed by atoms with Gasteiger partial charge in [-0.05, 0) is 31.4 Å². The summed E-state index contributed by atoms with van der Waals surface area (Å²) in [7, 11) is 0. The number of hydrogen-bond donors (Lipinski definition) is 2. The maximum absolute atomic E-state index is 12.2. The number of aromatic nitrogens is 4. The standard InChI is InChI=1S/C21H22N6O2/c22-21-25-18(24-15-7-8-15)17-19(26-21)27(12-23-17)16-9-6-13(10-16)11-29-20(28)14-4-2-1-3-5-14/h1-6,9,12-13,15-16H,7-8,10-11H2,(H3,22,24,25,26)/t13-,16+/m1/s1. The minimum Gasteiger partial charge on any atom is -0.461 e. The van der Waals surface area contributed by atoms with E-state index in [1.807, 2.05) is 22.8 Å². The zero-order valence-electron chi connectivity index (χ0n) is 15.9. The number of ether oxygens (including phenoxy) is 1. The van der Waals surface area contributed by atoms with Crippen LogP contribution in [0.1, 0.15) is 35.7 Å². The summed E-state index contributed by atoms with van der Waals surface area (Å²) < 4.78 is 7.50. The van der Waals surface area contributed by atoms with Crippen molar-refractivity contribution in [3.63, 3.8) is 0 Å². The maximum Gasteiger partial charge on any atom is 0.338 e. The highest BCUT2D eigenvalue weighted by molar-refractivity contribution is 5.89. The molecule has 3 N–H and O–H groups in total. The summed E-state index contributed by atoms with van der Waals surface area (Å²) in [6.45, 7) is 0.346. The molecule has 148 valence electrons. The predicted molar refractivity (Wildman–Crippen MR) is 109 cm³/mol. The van der Waals surface area contributed by atoms with E-state index < -0.39 is 0 Å². The van der Waals surface area contributed by atoms with E-state index >= 15 is 0 Å². The number of nitrogens with zero attached hydrogens (tertiary/aromatic N) is 4. The largest absolute Gasteiger partial charge is 0.461 e. The van der Waals surface area contributed by atoms with Crippen molar-refractivity contribution in [2.45, 2.75) is 31.3 Å². The lowest BCUT2D eigenvalue weighted by molar-refractivity contribution is 0.0461. The number of esters is 1. The van der Waals surface area contributed by atoms with E-state index in [9.17, 15) is 4.79 Å². The third-order valence-electron chi connectivity index (χ3n) is 5.30. The summed E-state index contributed by atoms with van der Waals surface area (Å²) in [6.07, 6.45) is 9.06. The third-order valence-corrected chi connectivity index (χ3v) is 5.30. The van der Waals surface area contributed by atoms with Crippen LogP contribution in [0.3, 0.4) is 0 Å². The number of nitrogens with two attached hydrogens (primary N) is 1. The van der Waals surface area contributed by atoms with Crippen molar-refractivity contribution in [3.05, 3.63) is 54.4 Å². The zero-order chi connectivity index (χ0) is 19.8. The molecule has 8 heteroatoms. The average molecular weight is 390 g/mol. The molecule has 1 fully saturated rings. The van der Waals surface area contributed by atoms with Crippen LogP contribution in [-0.2, 0) is 4.74 Å². The van der Waals surface area contributed by atoms with Crippen LogP contribution in [0.15, 0.2) is 48.8 Å². The number of anilines is 2. The van der Waals surface area contributed by atoms with Gasteiger partial charge in [-0.25, -0.2) is 9.78 Å². The SMILES string of the molecule is Nc1nc(NC2CC2)c2ncn([C@H]3C=C[C@@H](COC(=O)c4ccccc4)C3)c2n1. The first-order valence-electron chi connectivity index (χ1n) is 9.84. The number of nitrogen functional groups attached to an aromatic ring is 1. The van der Waals surface area contributed by atoms with Gasteiger partial charge in [0.25, 0.3) is 0 Å². The number of allylic oxidation sites excluding steroid dienone is 1. The Morgan fingerprint density at radius 2 is 2.03 bits per heavy atom. The second kappa shape index (κ2) is 7.20. The fourth-order valence-corrected chi connectivity index (χ4v) is 3.62. The van der Waals surface area contributed by atoms with Crippen molar-refractivity contribution < 1.29 is 9.53 Å². The molecule has 2 heterocycles. The van der Waals surface area contributed by atoms with Gasteiger partial charge < -0.3 is 20.4 Å². The number of carbonyl (C=O) groups excluding carboxylic acids is 1. The van der Waals surface area contributed by atoms with Crippen molar-refractivity contribution >= 4 is 28.9 Å². The Bertz CT molecular complexity index is 1070. The maximum atomic E-state index is 12.2. The summed E-state index contributed by atoms with van der Waals surface area (Å²) in [4.78, 5) is 25.4. The van der Waals surface area contributed by atoms with Crippen LogP contribution in [0.2, 0.25) is 0 Å². The molecule has 1 aromatic carbocycles. The van der Waals surface area contributed by atoms with Crippen LogP contribution in [0.25, 0.3) is 11.2 Å².